The van der Waals surface area contributed by atoms with Crippen LogP contribution in [-0.4, -0.2) is 26.2 Å². The van der Waals surface area contributed by atoms with E-state index in [9.17, 15) is 4.79 Å². The largest absolute Gasteiger partial charge is 0.497 e. The maximum Gasteiger partial charge on any atom is 0.271 e. The standard InChI is InChI=1S/C24H20N2O4/c1-28-19-10-6-17(7-11-19)22-23(30-21-5-3-4-16(14-21)15-25)24(27)26(22)18-8-12-20(29-2)13-9-18/h3-14,22-23H,1-2H3/t22-,23+/m0/s1. The van der Waals surface area contributed by atoms with E-state index in [-0.39, 0.29) is 11.9 Å². The van der Waals surface area contributed by atoms with Gasteiger partial charge < -0.3 is 14.2 Å². The van der Waals surface area contributed by atoms with Crippen molar-refractivity contribution in [1.29, 1.82) is 5.26 Å². The molecule has 1 saturated heterocycles. The third kappa shape index (κ3) is 3.53. The topological polar surface area (TPSA) is 71.8 Å². The molecule has 2 atom stereocenters. The van der Waals surface area contributed by atoms with Crippen LogP contribution in [0.25, 0.3) is 0 Å². The summed E-state index contributed by atoms with van der Waals surface area (Å²) >= 11 is 0. The minimum Gasteiger partial charge on any atom is -0.497 e. The fourth-order valence-corrected chi connectivity index (χ4v) is 3.52. The number of carbonyl (C=O) groups is 1. The lowest BCUT2D eigenvalue weighted by molar-refractivity contribution is -0.135. The first-order valence-corrected chi connectivity index (χ1v) is 9.42. The minimum absolute atomic E-state index is 0.150. The summed E-state index contributed by atoms with van der Waals surface area (Å²) in [6, 6.07) is 23.5. The van der Waals surface area contributed by atoms with Gasteiger partial charge in [-0.25, -0.2) is 0 Å². The second-order valence-electron chi connectivity index (χ2n) is 6.80. The van der Waals surface area contributed by atoms with Crippen molar-refractivity contribution in [3.63, 3.8) is 0 Å². The molecule has 3 aromatic carbocycles. The number of methoxy groups -OCH3 is 2. The Morgan fingerprint density at radius 3 is 2.10 bits per heavy atom. The molecule has 6 heteroatoms. The van der Waals surface area contributed by atoms with E-state index in [0.717, 1.165) is 17.0 Å². The molecule has 1 amide bonds. The lowest BCUT2D eigenvalue weighted by atomic mass is 9.89. The van der Waals surface area contributed by atoms with Crippen LogP contribution in [0.15, 0.2) is 72.8 Å². The van der Waals surface area contributed by atoms with E-state index in [1.54, 1.807) is 43.4 Å². The first kappa shape index (κ1) is 19.3. The van der Waals surface area contributed by atoms with Gasteiger partial charge in [0.15, 0.2) is 0 Å². The average molecular weight is 400 g/mol. The van der Waals surface area contributed by atoms with Gasteiger partial charge in [-0.1, -0.05) is 18.2 Å². The Balaban J connectivity index is 1.67. The number of benzene rings is 3. The lowest BCUT2D eigenvalue weighted by Crippen LogP contribution is -2.61. The maximum atomic E-state index is 13.1. The lowest BCUT2D eigenvalue weighted by Gasteiger charge is -2.46. The summed E-state index contributed by atoms with van der Waals surface area (Å²) in [7, 11) is 3.21. The molecule has 3 aromatic rings. The van der Waals surface area contributed by atoms with E-state index in [2.05, 4.69) is 6.07 Å². The van der Waals surface area contributed by atoms with Crippen molar-refractivity contribution in [1.82, 2.24) is 0 Å². The molecule has 0 bridgehead atoms. The van der Waals surface area contributed by atoms with Crippen LogP contribution in [0.1, 0.15) is 17.2 Å². The number of ether oxygens (including phenoxy) is 3. The van der Waals surface area contributed by atoms with Crippen LogP contribution in [0, 0.1) is 11.3 Å². The zero-order valence-electron chi connectivity index (χ0n) is 16.6. The van der Waals surface area contributed by atoms with Crippen molar-refractivity contribution in [3.05, 3.63) is 83.9 Å². The normalized spacial score (nSPS) is 17.6. The number of rotatable bonds is 6. The summed E-state index contributed by atoms with van der Waals surface area (Å²) in [4.78, 5) is 14.8. The smallest absolute Gasteiger partial charge is 0.271 e. The fraction of sp³-hybridized carbons (Fsp3) is 0.167. The van der Waals surface area contributed by atoms with Crippen molar-refractivity contribution in [2.75, 3.05) is 19.1 Å². The zero-order chi connectivity index (χ0) is 21.1. The number of nitrogens with zero attached hydrogens (tertiary/aromatic N) is 2. The average Bonchev–Trinajstić information content (AvgIpc) is 2.81. The third-order valence-corrected chi connectivity index (χ3v) is 5.08. The van der Waals surface area contributed by atoms with Gasteiger partial charge in [-0.2, -0.15) is 5.26 Å². The van der Waals surface area contributed by atoms with Crippen LogP contribution in [0.5, 0.6) is 17.2 Å². The molecule has 0 aliphatic carbocycles. The van der Waals surface area contributed by atoms with Crippen molar-refractivity contribution in [3.8, 4) is 23.3 Å². The number of β-lactam (4-membered cyclic amide) rings is 1. The Bertz CT molecular complexity index is 1090. The van der Waals surface area contributed by atoms with E-state index in [1.807, 2.05) is 48.5 Å². The van der Waals surface area contributed by atoms with Crippen LogP contribution < -0.4 is 19.1 Å². The summed E-state index contributed by atoms with van der Waals surface area (Å²) < 4.78 is 16.5. The van der Waals surface area contributed by atoms with E-state index in [4.69, 9.17) is 19.5 Å². The van der Waals surface area contributed by atoms with Gasteiger partial charge in [0, 0.05) is 5.69 Å². The molecule has 1 heterocycles. The van der Waals surface area contributed by atoms with Gasteiger partial charge in [0.2, 0.25) is 6.10 Å². The SMILES string of the molecule is COc1ccc([C@H]2[C@@H](Oc3cccc(C#N)c3)C(=O)N2c2ccc(OC)cc2)cc1. The summed E-state index contributed by atoms with van der Waals surface area (Å²) in [5.74, 6) is 1.79. The molecule has 0 saturated carbocycles. The number of nitriles is 1. The van der Waals surface area contributed by atoms with Crippen LogP contribution in [0.2, 0.25) is 0 Å². The molecule has 1 aliphatic heterocycles. The third-order valence-electron chi connectivity index (χ3n) is 5.08. The van der Waals surface area contributed by atoms with Gasteiger partial charge in [0.1, 0.15) is 23.3 Å². The molecule has 4 rings (SSSR count). The van der Waals surface area contributed by atoms with Gasteiger partial charge in [-0.05, 0) is 60.2 Å². The van der Waals surface area contributed by atoms with Crippen LogP contribution in [-0.2, 0) is 4.79 Å². The van der Waals surface area contributed by atoms with Crippen molar-refractivity contribution < 1.29 is 19.0 Å². The van der Waals surface area contributed by atoms with Crippen molar-refractivity contribution in [2.45, 2.75) is 12.1 Å². The van der Waals surface area contributed by atoms with Gasteiger partial charge in [-0.3, -0.25) is 9.69 Å². The van der Waals surface area contributed by atoms with Gasteiger partial charge in [-0.15, -0.1) is 0 Å². The second kappa shape index (κ2) is 8.18. The second-order valence-corrected chi connectivity index (χ2v) is 6.80. The summed E-state index contributed by atoms with van der Waals surface area (Å²) in [6.07, 6.45) is -0.700. The van der Waals surface area contributed by atoms with Crippen LogP contribution in [0.3, 0.4) is 0 Å². The first-order valence-electron chi connectivity index (χ1n) is 9.42. The molecule has 150 valence electrons. The molecule has 0 spiro atoms. The van der Waals surface area contributed by atoms with Crippen molar-refractivity contribution >= 4 is 11.6 Å². The molecule has 6 nitrogen and oxygen atoms in total. The molecule has 30 heavy (non-hydrogen) atoms. The number of carbonyl (C=O) groups excluding carboxylic acids is 1. The summed E-state index contributed by atoms with van der Waals surface area (Å²) in [6.45, 7) is 0. The van der Waals surface area contributed by atoms with Gasteiger partial charge in [0.25, 0.3) is 5.91 Å². The Morgan fingerprint density at radius 2 is 1.50 bits per heavy atom. The summed E-state index contributed by atoms with van der Waals surface area (Å²) in [5, 5.41) is 9.13. The van der Waals surface area contributed by atoms with E-state index in [0.29, 0.717) is 17.1 Å². The van der Waals surface area contributed by atoms with E-state index >= 15 is 0 Å². The Hall–Kier alpha value is -3.98. The quantitative estimate of drug-likeness (QED) is 0.582. The molecule has 0 aromatic heterocycles. The van der Waals surface area contributed by atoms with Gasteiger partial charge in [0.05, 0.1) is 25.9 Å². The van der Waals surface area contributed by atoms with E-state index < -0.39 is 6.10 Å². The number of anilines is 1. The number of hydrogen-bond donors (Lipinski definition) is 0. The highest BCUT2D eigenvalue weighted by molar-refractivity contribution is 6.05. The molecule has 0 N–H and O–H groups in total. The molecular weight excluding hydrogens is 380 g/mol. The highest BCUT2D eigenvalue weighted by Crippen LogP contribution is 2.42. The monoisotopic (exact) mass is 400 g/mol. The maximum absolute atomic E-state index is 13.1. The highest BCUT2D eigenvalue weighted by Gasteiger charge is 2.51. The predicted molar refractivity (Wildman–Crippen MR) is 112 cm³/mol. The molecule has 1 fully saturated rings. The molecular formula is C24H20N2O4. The Morgan fingerprint density at radius 1 is 0.867 bits per heavy atom. The first-order chi connectivity index (χ1) is 14.6. The van der Waals surface area contributed by atoms with Crippen LogP contribution >= 0.6 is 0 Å². The number of hydrogen-bond acceptors (Lipinski definition) is 5. The fourth-order valence-electron chi connectivity index (χ4n) is 3.52. The molecule has 0 radical (unpaired) electrons. The van der Waals surface area contributed by atoms with Crippen molar-refractivity contribution in [2.24, 2.45) is 0 Å². The summed E-state index contributed by atoms with van der Waals surface area (Å²) in [5.41, 5.74) is 2.16. The Labute approximate surface area is 174 Å². The highest BCUT2D eigenvalue weighted by atomic mass is 16.5. The number of amides is 1. The predicted octanol–water partition coefficient (Wildman–Crippen LogP) is 4.11. The molecule has 0 unspecified atom stereocenters. The minimum atomic E-state index is -0.700. The van der Waals surface area contributed by atoms with Crippen LogP contribution in [0.4, 0.5) is 5.69 Å². The van der Waals surface area contributed by atoms with Gasteiger partial charge >= 0.3 is 0 Å². The van der Waals surface area contributed by atoms with E-state index in [1.165, 1.54) is 0 Å². The molecule has 1 aliphatic rings. The Kier molecular flexibility index (Phi) is 5.27. The zero-order valence-corrected chi connectivity index (χ0v) is 16.6.